The molecule has 0 atom stereocenters. The minimum Gasteiger partial charge on any atom is -0.356 e. The third kappa shape index (κ3) is 2.46. The lowest BCUT2D eigenvalue weighted by atomic mass is 10.1. The zero-order valence-electron chi connectivity index (χ0n) is 13.5. The highest BCUT2D eigenvalue weighted by Crippen LogP contribution is 2.35. The Bertz CT molecular complexity index is 918. The molecular formula is C17H16N6S. The van der Waals surface area contributed by atoms with Gasteiger partial charge in [-0.3, -0.25) is 4.98 Å². The Morgan fingerprint density at radius 3 is 2.92 bits per heavy atom. The number of fused-ring (bicyclic) bond motifs is 1. The molecule has 0 saturated carbocycles. The Kier molecular flexibility index (Phi) is 3.57. The van der Waals surface area contributed by atoms with Crippen molar-refractivity contribution in [2.45, 2.75) is 13.3 Å². The van der Waals surface area contributed by atoms with Crippen LogP contribution in [0.4, 0.5) is 5.82 Å². The maximum Gasteiger partial charge on any atom is 0.194 e. The Morgan fingerprint density at radius 1 is 1.25 bits per heavy atom. The molecule has 120 valence electrons. The quantitative estimate of drug-likeness (QED) is 0.716. The summed E-state index contributed by atoms with van der Waals surface area (Å²) in [4.78, 5) is 16.5. The summed E-state index contributed by atoms with van der Waals surface area (Å²) in [5.41, 5.74) is 3.74. The van der Waals surface area contributed by atoms with Crippen molar-refractivity contribution in [1.29, 1.82) is 0 Å². The zero-order valence-corrected chi connectivity index (χ0v) is 14.3. The second-order valence-electron chi connectivity index (χ2n) is 5.76. The normalized spacial score (nSPS) is 13.9. The van der Waals surface area contributed by atoms with E-state index in [1.54, 1.807) is 17.5 Å². The third-order valence-electron chi connectivity index (χ3n) is 4.02. The van der Waals surface area contributed by atoms with Gasteiger partial charge in [0.05, 0.1) is 10.6 Å². The van der Waals surface area contributed by atoms with Crippen molar-refractivity contribution in [1.82, 2.24) is 25.1 Å². The van der Waals surface area contributed by atoms with Gasteiger partial charge in [-0.15, -0.1) is 21.5 Å². The second kappa shape index (κ2) is 5.76. The summed E-state index contributed by atoms with van der Waals surface area (Å²) in [6, 6.07) is 3.90. The van der Waals surface area contributed by atoms with Crippen molar-refractivity contribution in [3.05, 3.63) is 42.5 Å². The Balaban J connectivity index is 1.79. The number of hydrogen-bond donors (Lipinski definition) is 0. The number of nitrogens with zero attached hydrogens (tertiary/aromatic N) is 6. The lowest BCUT2D eigenvalue weighted by molar-refractivity contribution is 0.812. The van der Waals surface area contributed by atoms with Crippen molar-refractivity contribution in [2.24, 2.45) is 0 Å². The van der Waals surface area contributed by atoms with Crippen LogP contribution in [0.3, 0.4) is 0 Å². The van der Waals surface area contributed by atoms with Gasteiger partial charge in [0.15, 0.2) is 11.6 Å². The monoisotopic (exact) mass is 336 g/mol. The third-order valence-corrected chi connectivity index (χ3v) is 5.23. The number of aromatic nitrogens is 5. The Labute approximate surface area is 144 Å². The van der Waals surface area contributed by atoms with Crippen LogP contribution < -0.4 is 4.90 Å². The molecule has 0 fully saturated rings. The lowest BCUT2D eigenvalue weighted by Gasteiger charge is -2.25. The number of rotatable bonds is 2. The molecule has 1 aliphatic rings. The van der Waals surface area contributed by atoms with Gasteiger partial charge >= 0.3 is 0 Å². The van der Waals surface area contributed by atoms with Crippen LogP contribution in [-0.4, -0.2) is 38.7 Å². The summed E-state index contributed by atoms with van der Waals surface area (Å²) in [7, 11) is 2.00. The van der Waals surface area contributed by atoms with Gasteiger partial charge in [-0.05, 0) is 31.1 Å². The van der Waals surface area contributed by atoms with Crippen LogP contribution in [0, 0.1) is 6.92 Å². The van der Waals surface area contributed by atoms with E-state index in [2.05, 4.69) is 31.6 Å². The van der Waals surface area contributed by atoms with E-state index in [0.717, 1.165) is 51.2 Å². The molecule has 3 aromatic heterocycles. The van der Waals surface area contributed by atoms with Gasteiger partial charge in [-0.1, -0.05) is 6.58 Å². The fourth-order valence-corrected chi connectivity index (χ4v) is 3.64. The van der Waals surface area contributed by atoms with E-state index in [1.807, 2.05) is 32.3 Å². The zero-order chi connectivity index (χ0) is 16.7. The highest BCUT2D eigenvalue weighted by atomic mass is 32.1. The topological polar surface area (TPSA) is 67.7 Å². The molecule has 24 heavy (non-hydrogen) atoms. The minimum absolute atomic E-state index is 0.607. The summed E-state index contributed by atoms with van der Waals surface area (Å²) in [6.45, 7) is 6.99. The van der Waals surface area contributed by atoms with Gasteiger partial charge in [0.25, 0.3) is 0 Å². The molecule has 7 heteroatoms. The van der Waals surface area contributed by atoms with E-state index in [1.165, 1.54) is 0 Å². The standard InChI is InChI=1S/C17H16N6S/c1-10-6-8-23(3)16-13(10)20-15(21-22-16)14-11(2)19-17(24-14)12-5-4-7-18-9-12/h4-5,7,9H,1,6,8H2,2-3H3. The van der Waals surface area contributed by atoms with Crippen LogP contribution in [-0.2, 0) is 0 Å². The first-order chi connectivity index (χ1) is 11.6. The van der Waals surface area contributed by atoms with Crippen LogP contribution >= 0.6 is 11.3 Å². The van der Waals surface area contributed by atoms with E-state index in [9.17, 15) is 0 Å². The maximum atomic E-state index is 4.72. The lowest BCUT2D eigenvalue weighted by Crippen LogP contribution is -2.26. The van der Waals surface area contributed by atoms with Crippen molar-refractivity contribution < 1.29 is 0 Å². The molecule has 4 rings (SSSR count). The molecule has 0 saturated heterocycles. The molecular weight excluding hydrogens is 320 g/mol. The van der Waals surface area contributed by atoms with E-state index < -0.39 is 0 Å². The SMILES string of the molecule is C=C1CCN(C)c2nnc(-c3sc(-c4cccnc4)nc3C)nc21. The Hall–Kier alpha value is -2.67. The molecule has 0 N–H and O–H groups in total. The molecule has 0 bridgehead atoms. The van der Waals surface area contributed by atoms with Crippen molar-refractivity contribution >= 4 is 22.7 Å². The number of pyridine rings is 1. The first-order valence-corrected chi connectivity index (χ1v) is 8.47. The smallest absolute Gasteiger partial charge is 0.194 e. The largest absolute Gasteiger partial charge is 0.356 e. The Morgan fingerprint density at radius 2 is 2.12 bits per heavy atom. The number of thiazole rings is 1. The average molecular weight is 336 g/mol. The molecule has 0 unspecified atom stereocenters. The number of hydrogen-bond acceptors (Lipinski definition) is 7. The van der Waals surface area contributed by atoms with Gasteiger partial charge < -0.3 is 4.90 Å². The summed E-state index contributed by atoms with van der Waals surface area (Å²) in [5, 5.41) is 9.61. The first kappa shape index (κ1) is 14.9. The molecule has 6 nitrogen and oxygen atoms in total. The fourth-order valence-electron chi connectivity index (χ4n) is 2.65. The van der Waals surface area contributed by atoms with Crippen molar-refractivity contribution in [2.75, 3.05) is 18.5 Å². The van der Waals surface area contributed by atoms with Gasteiger partial charge in [0, 0.05) is 31.5 Å². The van der Waals surface area contributed by atoms with Crippen LogP contribution in [0.2, 0.25) is 0 Å². The molecule has 0 amide bonds. The van der Waals surface area contributed by atoms with Crippen LogP contribution in [0.25, 0.3) is 26.8 Å². The predicted molar refractivity (Wildman–Crippen MR) is 95.8 cm³/mol. The predicted octanol–water partition coefficient (Wildman–Crippen LogP) is 3.22. The summed E-state index contributed by atoms with van der Waals surface area (Å²) in [6.07, 6.45) is 4.46. The summed E-state index contributed by atoms with van der Waals surface area (Å²) < 4.78 is 0. The summed E-state index contributed by atoms with van der Waals surface area (Å²) in [5.74, 6) is 1.40. The van der Waals surface area contributed by atoms with Crippen molar-refractivity contribution in [3.63, 3.8) is 0 Å². The molecule has 0 radical (unpaired) electrons. The van der Waals surface area contributed by atoms with E-state index in [0.29, 0.717) is 5.82 Å². The van der Waals surface area contributed by atoms with Gasteiger partial charge in [0.2, 0.25) is 0 Å². The van der Waals surface area contributed by atoms with E-state index in [-0.39, 0.29) is 0 Å². The van der Waals surface area contributed by atoms with Gasteiger partial charge in [-0.25, -0.2) is 9.97 Å². The fraction of sp³-hybridized carbons (Fsp3) is 0.235. The maximum absolute atomic E-state index is 4.72. The molecule has 0 aromatic carbocycles. The molecule has 0 spiro atoms. The van der Waals surface area contributed by atoms with Crippen LogP contribution in [0.1, 0.15) is 17.8 Å². The highest BCUT2D eigenvalue weighted by Gasteiger charge is 2.23. The summed E-state index contributed by atoms with van der Waals surface area (Å²) >= 11 is 1.56. The molecule has 4 heterocycles. The van der Waals surface area contributed by atoms with Gasteiger partial charge in [-0.2, -0.15) is 0 Å². The second-order valence-corrected chi connectivity index (χ2v) is 6.76. The highest BCUT2D eigenvalue weighted by molar-refractivity contribution is 7.18. The number of aryl methyl sites for hydroxylation is 1. The van der Waals surface area contributed by atoms with E-state index >= 15 is 0 Å². The molecule has 1 aliphatic heterocycles. The first-order valence-electron chi connectivity index (χ1n) is 7.65. The van der Waals surface area contributed by atoms with E-state index in [4.69, 9.17) is 4.98 Å². The molecule has 0 aliphatic carbocycles. The average Bonchev–Trinajstić information content (AvgIpc) is 3.01. The van der Waals surface area contributed by atoms with Crippen LogP contribution in [0.15, 0.2) is 31.1 Å². The molecule has 3 aromatic rings. The van der Waals surface area contributed by atoms with Crippen LogP contribution in [0.5, 0.6) is 0 Å². The van der Waals surface area contributed by atoms with Crippen molar-refractivity contribution in [3.8, 4) is 21.3 Å². The van der Waals surface area contributed by atoms with Gasteiger partial charge in [0.1, 0.15) is 10.7 Å². The number of anilines is 1. The minimum atomic E-state index is 0.607.